The van der Waals surface area contributed by atoms with Gasteiger partial charge in [-0.3, -0.25) is 14.9 Å². The van der Waals surface area contributed by atoms with Crippen molar-refractivity contribution in [2.24, 2.45) is 4.99 Å². The predicted octanol–water partition coefficient (Wildman–Crippen LogP) is 4.38. The molecule has 0 spiro atoms. The van der Waals surface area contributed by atoms with Crippen LogP contribution in [0.2, 0.25) is 0 Å². The molecule has 3 aromatic rings. The molecule has 2 aromatic carbocycles. The monoisotopic (exact) mass is 410 g/mol. The predicted molar refractivity (Wildman–Crippen MR) is 117 cm³/mol. The van der Waals surface area contributed by atoms with Crippen LogP contribution in [0.25, 0.3) is 10.2 Å². The lowest BCUT2D eigenvalue weighted by molar-refractivity contribution is -0.384. The molecule has 1 amide bonds. The van der Waals surface area contributed by atoms with Gasteiger partial charge in [0.1, 0.15) is 0 Å². The molecule has 0 aliphatic heterocycles. The number of non-ortho nitro benzene ring substituents is 1. The van der Waals surface area contributed by atoms with Gasteiger partial charge in [-0.25, -0.2) is 0 Å². The van der Waals surface area contributed by atoms with Gasteiger partial charge in [0, 0.05) is 43.0 Å². The summed E-state index contributed by atoms with van der Waals surface area (Å²) in [6.07, 6.45) is 1.70. The molecule has 3 rings (SSSR count). The second-order valence-electron chi connectivity index (χ2n) is 6.33. The summed E-state index contributed by atoms with van der Waals surface area (Å²) in [5.41, 5.74) is 2.34. The van der Waals surface area contributed by atoms with Crippen LogP contribution in [0, 0.1) is 10.1 Å². The first kappa shape index (κ1) is 20.5. The first-order chi connectivity index (χ1) is 14.0. The number of nitro benzene ring substituents is 1. The average molecular weight is 410 g/mol. The van der Waals surface area contributed by atoms with Gasteiger partial charge in [-0.05, 0) is 44.2 Å². The van der Waals surface area contributed by atoms with Crippen LogP contribution in [0.1, 0.15) is 24.2 Å². The van der Waals surface area contributed by atoms with E-state index in [2.05, 4.69) is 30.3 Å². The molecule has 0 saturated carbocycles. The number of anilines is 1. The summed E-state index contributed by atoms with van der Waals surface area (Å²) in [5.74, 6) is -0.352. The molecule has 1 aromatic heterocycles. The van der Waals surface area contributed by atoms with E-state index in [-0.39, 0.29) is 11.6 Å². The summed E-state index contributed by atoms with van der Waals surface area (Å²) < 4.78 is 2.53. The molecule has 0 saturated heterocycles. The maximum absolute atomic E-state index is 12.7. The Kier molecular flexibility index (Phi) is 6.23. The highest BCUT2D eigenvalue weighted by Gasteiger charge is 2.13. The standard InChI is InChI=1S/C21H22N4O3S/c1-4-13-24-18-12-11-17(25(27)28)14-19(18)29-21(24)22-20(26)15-7-9-16(10-8-15)23(5-2)6-3/h4,7-12,14H,1,5-6,13H2,2-3H3. The number of carbonyl (C=O) groups is 1. The van der Waals surface area contributed by atoms with Gasteiger partial charge >= 0.3 is 0 Å². The number of aromatic nitrogens is 1. The maximum atomic E-state index is 12.7. The van der Waals surface area contributed by atoms with Crippen molar-refractivity contribution in [3.63, 3.8) is 0 Å². The van der Waals surface area contributed by atoms with Gasteiger partial charge in [0.2, 0.25) is 0 Å². The number of hydrogen-bond donors (Lipinski definition) is 0. The topological polar surface area (TPSA) is 80.7 Å². The summed E-state index contributed by atoms with van der Waals surface area (Å²) in [5, 5.41) is 11.0. The Bertz CT molecular complexity index is 1130. The van der Waals surface area contributed by atoms with Gasteiger partial charge in [0.25, 0.3) is 11.6 Å². The Labute approximate surface area is 172 Å². The second kappa shape index (κ2) is 8.83. The number of rotatable bonds is 7. The number of thiazole rings is 1. The molecular weight excluding hydrogens is 388 g/mol. The molecule has 0 atom stereocenters. The average Bonchev–Trinajstić information content (AvgIpc) is 3.06. The van der Waals surface area contributed by atoms with Crippen molar-refractivity contribution >= 4 is 38.8 Å². The number of benzene rings is 2. The molecule has 150 valence electrons. The first-order valence-electron chi connectivity index (χ1n) is 9.31. The van der Waals surface area contributed by atoms with Crippen molar-refractivity contribution in [1.29, 1.82) is 0 Å². The molecule has 0 aliphatic rings. The number of allylic oxidation sites excluding steroid dienone is 1. The van der Waals surface area contributed by atoms with E-state index in [1.807, 2.05) is 16.7 Å². The maximum Gasteiger partial charge on any atom is 0.279 e. The summed E-state index contributed by atoms with van der Waals surface area (Å²) in [6, 6.07) is 12.0. The minimum Gasteiger partial charge on any atom is -0.372 e. The fourth-order valence-corrected chi connectivity index (χ4v) is 4.19. The third kappa shape index (κ3) is 4.27. The van der Waals surface area contributed by atoms with E-state index in [0.717, 1.165) is 24.3 Å². The number of amides is 1. The van der Waals surface area contributed by atoms with Crippen molar-refractivity contribution < 1.29 is 9.72 Å². The molecule has 0 bridgehead atoms. The quantitative estimate of drug-likeness (QED) is 0.329. The Balaban J connectivity index is 2.02. The molecular formula is C21H22N4O3S. The third-order valence-electron chi connectivity index (χ3n) is 4.63. The van der Waals surface area contributed by atoms with E-state index < -0.39 is 4.92 Å². The normalized spacial score (nSPS) is 11.6. The van der Waals surface area contributed by atoms with Gasteiger partial charge in [0.05, 0.1) is 15.1 Å². The number of fused-ring (bicyclic) bond motifs is 1. The van der Waals surface area contributed by atoms with Gasteiger partial charge in [0.15, 0.2) is 4.80 Å². The van der Waals surface area contributed by atoms with Crippen LogP contribution in [0.5, 0.6) is 0 Å². The zero-order valence-corrected chi connectivity index (χ0v) is 17.2. The number of hydrogen-bond acceptors (Lipinski definition) is 5. The van der Waals surface area contributed by atoms with Crippen molar-refractivity contribution in [1.82, 2.24) is 4.57 Å². The smallest absolute Gasteiger partial charge is 0.279 e. The van der Waals surface area contributed by atoms with Crippen molar-refractivity contribution in [3.05, 3.63) is 75.6 Å². The van der Waals surface area contributed by atoms with Crippen LogP contribution in [0.15, 0.2) is 60.1 Å². The minimum atomic E-state index is -0.434. The Morgan fingerprint density at radius 1 is 1.24 bits per heavy atom. The van der Waals surface area contributed by atoms with E-state index >= 15 is 0 Å². The van der Waals surface area contributed by atoms with Crippen molar-refractivity contribution in [2.45, 2.75) is 20.4 Å². The molecule has 7 nitrogen and oxygen atoms in total. The molecule has 29 heavy (non-hydrogen) atoms. The van der Waals surface area contributed by atoms with E-state index in [1.54, 1.807) is 24.3 Å². The second-order valence-corrected chi connectivity index (χ2v) is 7.34. The van der Waals surface area contributed by atoms with Crippen LogP contribution in [0.3, 0.4) is 0 Å². The lowest BCUT2D eigenvalue weighted by Gasteiger charge is -2.20. The Hall–Kier alpha value is -3.26. The largest absolute Gasteiger partial charge is 0.372 e. The van der Waals surface area contributed by atoms with Gasteiger partial charge in [-0.15, -0.1) is 6.58 Å². The highest BCUT2D eigenvalue weighted by molar-refractivity contribution is 7.16. The number of carbonyl (C=O) groups excluding carboxylic acids is 1. The van der Waals surface area contributed by atoms with Crippen molar-refractivity contribution in [3.8, 4) is 0 Å². The lowest BCUT2D eigenvalue weighted by atomic mass is 10.2. The van der Waals surface area contributed by atoms with Crippen LogP contribution in [0.4, 0.5) is 11.4 Å². The highest BCUT2D eigenvalue weighted by Crippen LogP contribution is 2.23. The summed E-state index contributed by atoms with van der Waals surface area (Å²) in [7, 11) is 0. The molecule has 0 N–H and O–H groups in total. The van der Waals surface area contributed by atoms with Crippen LogP contribution in [-0.2, 0) is 6.54 Å². The summed E-state index contributed by atoms with van der Waals surface area (Å²) in [4.78, 5) is 30.3. The zero-order chi connectivity index (χ0) is 21.0. The fraction of sp³-hybridized carbons (Fsp3) is 0.238. The Morgan fingerprint density at radius 3 is 2.52 bits per heavy atom. The number of nitrogens with zero attached hydrogens (tertiary/aromatic N) is 4. The Morgan fingerprint density at radius 2 is 1.93 bits per heavy atom. The minimum absolute atomic E-state index is 0.00868. The van der Waals surface area contributed by atoms with Gasteiger partial charge in [-0.2, -0.15) is 4.99 Å². The van der Waals surface area contributed by atoms with Crippen LogP contribution < -0.4 is 9.70 Å². The van der Waals surface area contributed by atoms with E-state index in [4.69, 9.17) is 0 Å². The van der Waals surface area contributed by atoms with E-state index in [1.165, 1.54) is 23.5 Å². The van der Waals surface area contributed by atoms with Gasteiger partial charge < -0.3 is 9.47 Å². The zero-order valence-electron chi connectivity index (χ0n) is 16.4. The van der Waals surface area contributed by atoms with Crippen LogP contribution in [-0.4, -0.2) is 28.5 Å². The molecule has 0 fully saturated rings. The first-order valence-corrected chi connectivity index (χ1v) is 10.1. The number of nitro groups is 1. The lowest BCUT2D eigenvalue weighted by Crippen LogP contribution is -2.21. The van der Waals surface area contributed by atoms with Gasteiger partial charge in [-0.1, -0.05) is 17.4 Å². The summed E-state index contributed by atoms with van der Waals surface area (Å²) >= 11 is 1.25. The fourth-order valence-electron chi connectivity index (χ4n) is 3.12. The highest BCUT2D eigenvalue weighted by atomic mass is 32.1. The molecule has 0 aliphatic carbocycles. The van der Waals surface area contributed by atoms with Crippen LogP contribution >= 0.6 is 11.3 Å². The molecule has 8 heteroatoms. The molecule has 0 radical (unpaired) electrons. The van der Waals surface area contributed by atoms with E-state index in [9.17, 15) is 14.9 Å². The van der Waals surface area contributed by atoms with Crippen molar-refractivity contribution in [2.75, 3.05) is 18.0 Å². The third-order valence-corrected chi connectivity index (χ3v) is 5.67. The SMILES string of the molecule is C=CCn1c(=NC(=O)c2ccc(N(CC)CC)cc2)sc2cc([N+](=O)[O-])ccc21. The molecule has 1 heterocycles. The summed E-state index contributed by atoms with van der Waals surface area (Å²) in [6.45, 7) is 10.2. The molecule has 0 unspecified atom stereocenters. The van der Waals surface area contributed by atoms with E-state index in [0.29, 0.717) is 21.6 Å².